The fourth-order valence-electron chi connectivity index (χ4n) is 4.00. The van der Waals surface area contributed by atoms with E-state index in [9.17, 15) is 14.4 Å². The molecule has 0 spiro atoms. The Bertz CT molecular complexity index is 1010. The van der Waals surface area contributed by atoms with Crippen LogP contribution >= 0.6 is 23.2 Å². The van der Waals surface area contributed by atoms with E-state index in [-0.39, 0.29) is 17.7 Å². The Hall–Kier alpha value is -2.57. The number of nitrogens with one attached hydrogen (secondary N) is 1. The summed E-state index contributed by atoms with van der Waals surface area (Å²) < 4.78 is 0. The van der Waals surface area contributed by atoms with E-state index in [0.29, 0.717) is 47.2 Å². The molecule has 6 nitrogen and oxygen atoms in total. The molecule has 2 aromatic rings. The van der Waals surface area contributed by atoms with E-state index in [4.69, 9.17) is 23.2 Å². The fourth-order valence-corrected chi connectivity index (χ4v) is 4.37. The van der Waals surface area contributed by atoms with Crippen LogP contribution in [0.25, 0.3) is 0 Å². The van der Waals surface area contributed by atoms with Crippen LogP contribution in [0.3, 0.4) is 0 Å². The second kappa shape index (κ2) is 8.66. The van der Waals surface area contributed by atoms with Crippen LogP contribution in [0.5, 0.6) is 0 Å². The molecule has 0 aromatic heterocycles. The molecule has 30 heavy (non-hydrogen) atoms. The van der Waals surface area contributed by atoms with E-state index < -0.39 is 6.04 Å². The van der Waals surface area contributed by atoms with Crippen LogP contribution < -0.4 is 10.2 Å². The van der Waals surface area contributed by atoms with Gasteiger partial charge in [-0.25, -0.2) is 0 Å². The Morgan fingerprint density at radius 3 is 2.63 bits per heavy atom. The van der Waals surface area contributed by atoms with Gasteiger partial charge >= 0.3 is 0 Å². The maximum absolute atomic E-state index is 13.0. The molecular formula is C22H21Cl2N3O3. The van der Waals surface area contributed by atoms with Crippen LogP contribution in [-0.2, 0) is 9.59 Å². The Kier molecular flexibility index (Phi) is 5.97. The summed E-state index contributed by atoms with van der Waals surface area (Å²) in [6.07, 6.45) is 2.67. The summed E-state index contributed by atoms with van der Waals surface area (Å²) in [5.74, 6) is -0.482. The van der Waals surface area contributed by atoms with Crippen LogP contribution in [0.4, 0.5) is 11.4 Å². The number of carbonyl (C=O) groups excluding carboxylic acids is 3. The summed E-state index contributed by atoms with van der Waals surface area (Å²) in [4.78, 5) is 41.2. The Labute approximate surface area is 184 Å². The van der Waals surface area contributed by atoms with Crippen molar-refractivity contribution in [3.63, 3.8) is 0 Å². The molecule has 0 bridgehead atoms. The molecule has 3 amide bonds. The van der Waals surface area contributed by atoms with E-state index in [0.717, 1.165) is 18.5 Å². The van der Waals surface area contributed by atoms with Crippen LogP contribution in [0.1, 0.15) is 36.0 Å². The normalized spacial score (nSPS) is 18.7. The van der Waals surface area contributed by atoms with E-state index in [1.54, 1.807) is 40.1 Å². The summed E-state index contributed by atoms with van der Waals surface area (Å²) in [6.45, 7) is 1.16. The number of rotatable bonds is 4. The second-order valence-corrected chi connectivity index (χ2v) is 8.31. The largest absolute Gasteiger partial charge is 0.327 e. The van der Waals surface area contributed by atoms with E-state index in [1.807, 2.05) is 6.07 Å². The second-order valence-electron chi connectivity index (χ2n) is 7.47. The predicted molar refractivity (Wildman–Crippen MR) is 117 cm³/mol. The Morgan fingerprint density at radius 1 is 1.03 bits per heavy atom. The molecule has 2 heterocycles. The topological polar surface area (TPSA) is 69.7 Å². The van der Waals surface area contributed by atoms with Crippen molar-refractivity contribution in [2.75, 3.05) is 23.3 Å². The van der Waals surface area contributed by atoms with Crippen LogP contribution in [-0.4, -0.2) is 41.8 Å². The van der Waals surface area contributed by atoms with Crippen LogP contribution in [0.2, 0.25) is 10.0 Å². The first-order valence-corrected chi connectivity index (χ1v) is 10.7. The third kappa shape index (κ3) is 4.16. The van der Waals surface area contributed by atoms with Gasteiger partial charge in [0.25, 0.3) is 5.91 Å². The van der Waals surface area contributed by atoms with Crippen molar-refractivity contribution in [1.82, 2.24) is 4.90 Å². The summed E-state index contributed by atoms with van der Waals surface area (Å²) in [5, 5.41) is 3.61. The van der Waals surface area contributed by atoms with Gasteiger partial charge in [0.15, 0.2) is 0 Å². The number of halogens is 2. The molecule has 0 saturated carbocycles. The molecule has 2 saturated heterocycles. The summed E-state index contributed by atoms with van der Waals surface area (Å²) >= 11 is 12.2. The molecule has 8 heteroatoms. The highest BCUT2D eigenvalue weighted by atomic mass is 35.5. The lowest BCUT2D eigenvalue weighted by Crippen LogP contribution is -2.43. The van der Waals surface area contributed by atoms with Gasteiger partial charge in [-0.2, -0.15) is 0 Å². The van der Waals surface area contributed by atoms with Gasteiger partial charge in [0.2, 0.25) is 11.8 Å². The molecule has 1 N–H and O–H groups in total. The molecular weight excluding hydrogens is 425 g/mol. The van der Waals surface area contributed by atoms with E-state index >= 15 is 0 Å². The van der Waals surface area contributed by atoms with E-state index in [1.165, 1.54) is 6.07 Å². The van der Waals surface area contributed by atoms with Crippen molar-refractivity contribution in [2.45, 2.75) is 31.7 Å². The van der Waals surface area contributed by atoms with Crippen molar-refractivity contribution in [3.8, 4) is 0 Å². The van der Waals surface area contributed by atoms with Gasteiger partial charge in [-0.3, -0.25) is 14.4 Å². The highest BCUT2D eigenvalue weighted by Gasteiger charge is 2.35. The monoisotopic (exact) mass is 445 g/mol. The third-order valence-corrected chi connectivity index (χ3v) is 6.04. The lowest BCUT2D eigenvalue weighted by molar-refractivity contribution is -0.119. The number of carbonyl (C=O) groups is 3. The molecule has 0 aliphatic carbocycles. The number of hydrogen-bond donors (Lipinski definition) is 1. The quantitative estimate of drug-likeness (QED) is 0.759. The highest BCUT2D eigenvalue weighted by Crippen LogP contribution is 2.28. The molecule has 0 radical (unpaired) electrons. The maximum Gasteiger partial charge on any atom is 0.256 e. The van der Waals surface area contributed by atoms with Gasteiger partial charge in [0, 0.05) is 35.9 Å². The number of benzene rings is 2. The first-order chi connectivity index (χ1) is 14.4. The van der Waals surface area contributed by atoms with Crippen molar-refractivity contribution >= 4 is 52.3 Å². The first-order valence-electron chi connectivity index (χ1n) is 9.91. The number of anilines is 2. The minimum absolute atomic E-state index is 0.0874. The molecule has 4 rings (SSSR count). The van der Waals surface area contributed by atoms with Crippen LogP contribution in [0, 0.1) is 0 Å². The van der Waals surface area contributed by atoms with Crippen molar-refractivity contribution in [3.05, 3.63) is 58.1 Å². The molecule has 156 valence electrons. The van der Waals surface area contributed by atoms with Gasteiger partial charge in [0.1, 0.15) is 6.04 Å². The van der Waals surface area contributed by atoms with Crippen molar-refractivity contribution < 1.29 is 14.4 Å². The summed E-state index contributed by atoms with van der Waals surface area (Å²) in [6, 6.07) is 11.3. The van der Waals surface area contributed by atoms with Crippen LogP contribution in [0.15, 0.2) is 42.5 Å². The highest BCUT2D eigenvalue weighted by molar-refractivity contribution is 6.35. The number of hydrogen-bond acceptors (Lipinski definition) is 3. The van der Waals surface area contributed by atoms with Gasteiger partial charge in [-0.1, -0.05) is 29.3 Å². The smallest absolute Gasteiger partial charge is 0.256 e. The summed E-state index contributed by atoms with van der Waals surface area (Å²) in [5.41, 5.74) is 1.65. The molecule has 2 aliphatic heterocycles. The number of nitrogens with zero attached hydrogens (tertiary/aromatic N) is 2. The standard InChI is InChI=1S/C22H21Cl2N3O3/c23-14-8-9-18(24)17(12-14)22(30)27-11-2-6-19(27)21(29)25-15-4-1-5-16(13-15)26-10-3-7-20(26)28/h1,4-5,8-9,12-13,19H,2-3,6-7,10-11H2,(H,25,29). The first kappa shape index (κ1) is 20.7. The molecule has 1 atom stereocenters. The molecule has 1 unspecified atom stereocenters. The molecule has 2 aliphatic rings. The minimum Gasteiger partial charge on any atom is -0.327 e. The maximum atomic E-state index is 13.0. The fraction of sp³-hybridized carbons (Fsp3) is 0.318. The number of amides is 3. The Balaban J connectivity index is 1.50. The Morgan fingerprint density at radius 2 is 1.87 bits per heavy atom. The molecule has 2 aromatic carbocycles. The average molecular weight is 446 g/mol. The lowest BCUT2D eigenvalue weighted by Gasteiger charge is -2.25. The number of likely N-dealkylation sites (tertiary alicyclic amines) is 1. The SMILES string of the molecule is O=C(Nc1cccc(N2CCCC2=O)c1)C1CCCN1C(=O)c1cc(Cl)ccc1Cl. The zero-order valence-corrected chi connectivity index (χ0v) is 17.7. The zero-order valence-electron chi connectivity index (χ0n) is 16.2. The van der Waals surface area contributed by atoms with Gasteiger partial charge < -0.3 is 15.1 Å². The average Bonchev–Trinajstić information content (AvgIpc) is 3.38. The minimum atomic E-state index is -0.593. The predicted octanol–water partition coefficient (Wildman–Crippen LogP) is 4.36. The summed E-state index contributed by atoms with van der Waals surface area (Å²) in [7, 11) is 0. The van der Waals surface area contributed by atoms with Crippen molar-refractivity contribution in [2.24, 2.45) is 0 Å². The lowest BCUT2D eigenvalue weighted by atomic mass is 10.1. The van der Waals surface area contributed by atoms with Gasteiger partial charge in [-0.15, -0.1) is 0 Å². The zero-order chi connectivity index (χ0) is 21.3. The third-order valence-electron chi connectivity index (χ3n) is 5.47. The molecule has 2 fully saturated rings. The van der Waals surface area contributed by atoms with E-state index in [2.05, 4.69) is 5.32 Å². The van der Waals surface area contributed by atoms with Gasteiger partial charge in [0.05, 0.1) is 10.6 Å². The van der Waals surface area contributed by atoms with Crippen molar-refractivity contribution in [1.29, 1.82) is 0 Å². The van der Waals surface area contributed by atoms with Gasteiger partial charge in [-0.05, 0) is 55.7 Å².